The number of hydrogen-bond acceptors (Lipinski definition) is 5. The molecule has 1 amide bonds. The van der Waals surface area contributed by atoms with Crippen molar-refractivity contribution < 1.29 is 17.9 Å². The molecule has 7 nitrogen and oxygen atoms in total. The molecule has 1 aromatic carbocycles. The summed E-state index contributed by atoms with van der Waals surface area (Å²) in [6.45, 7) is 5.48. The Balaban J connectivity index is 3.22. The molecule has 0 bridgehead atoms. The average molecular weight is 329 g/mol. The molecule has 0 unspecified atom stereocenters. The van der Waals surface area contributed by atoms with Gasteiger partial charge in [0.15, 0.2) is 0 Å². The zero-order chi connectivity index (χ0) is 16.9. The van der Waals surface area contributed by atoms with E-state index < -0.39 is 10.0 Å². The van der Waals surface area contributed by atoms with Crippen LogP contribution in [0, 0.1) is 0 Å². The van der Waals surface area contributed by atoms with E-state index in [2.05, 4.69) is 10.0 Å². The lowest BCUT2D eigenvalue weighted by Crippen LogP contribution is -2.38. The summed E-state index contributed by atoms with van der Waals surface area (Å²) in [6.07, 6.45) is 0. The van der Waals surface area contributed by atoms with Crippen LogP contribution in [0.3, 0.4) is 0 Å². The molecule has 1 aromatic rings. The minimum atomic E-state index is -3.77. The standard InChI is InChI=1S/C14H23N3O4S/c1-9(2)17-22(19,20)13-7-11(5-6-12(13)21-4)14(18)16-10(3)8-15/h5-7,9-10,17H,8,15H2,1-4H3,(H,16,18)/t10-/m0/s1. The molecule has 0 aliphatic heterocycles. The minimum absolute atomic E-state index is 0.0725. The number of ether oxygens (including phenoxy) is 1. The lowest BCUT2D eigenvalue weighted by molar-refractivity contribution is 0.0941. The summed E-state index contributed by atoms with van der Waals surface area (Å²) >= 11 is 0. The van der Waals surface area contributed by atoms with Gasteiger partial charge >= 0.3 is 0 Å². The van der Waals surface area contributed by atoms with Crippen LogP contribution in [-0.2, 0) is 10.0 Å². The molecule has 0 saturated carbocycles. The van der Waals surface area contributed by atoms with Gasteiger partial charge in [0, 0.05) is 24.2 Å². The van der Waals surface area contributed by atoms with Gasteiger partial charge < -0.3 is 15.8 Å². The molecule has 0 aliphatic rings. The van der Waals surface area contributed by atoms with Crippen molar-refractivity contribution in [1.29, 1.82) is 0 Å². The van der Waals surface area contributed by atoms with Gasteiger partial charge in [-0.2, -0.15) is 0 Å². The first-order valence-electron chi connectivity index (χ1n) is 6.92. The normalized spacial score (nSPS) is 13.0. The summed E-state index contributed by atoms with van der Waals surface area (Å²) in [5.74, 6) is -0.210. The molecule has 4 N–H and O–H groups in total. The molecular formula is C14H23N3O4S. The van der Waals surface area contributed by atoms with E-state index >= 15 is 0 Å². The second kappa shape index (κ2) is 7.57. The topological polar surface area (TPSA) is 111 Å². The van der Waals surface area contributed by atoms with Gasteiger partial charge in [0.25, 0.3) is 5.91 Å². The molecule has 1 atom stereocenters. The molecule has 0 radical (unpaired) electrons. The van der Waals surface area contributed by atoms with Crippen LogP contribution in [-0.4, -0.2) is 40.1 Å². The van der Waals surface area contributed by atoms with Gasteiger partial charge in [-0.1, -0.05) is 0 Å². The Bertz CT molecular complexity index is 629. The van der Waals surface area contributed by atoms with Crippen LogP contribution in [0.15, 0.2) is 23.1 Å². The van der Waals surface area contributed by atoms with Crippen molar-refractivity contribution in [3.8, 4) is 5.75 Å². The van der Waals surface area contributed by atoms with E-state index in [1.165, 1.54) is 25.3 Å². The fourth-order valence-corrected chi connectivity index (χ4v) is 3.21. The second-order valence-corrected chi connectivity index (χ2v) is 6.93. The first kappa shape index (κ1) is 18.4. The summed E-state index contributed by atoms with van der Waals surface area (Å²) in [6, 6.07) is 3.78. The number of nitrogens with one attached hydrogen (secondary N) is 2. The van der Waals surface area contributed by atoms with Gasteiger partial charge in [-0.3, -0.25) is 4.79 Å². The van der Waals surface area contributed by atoms with Crippen molar-refractivity contribution in [3.05, 3.63) is 23.8 Å². The summed E-state index contributed by atoms with van der Waals surface area (Å²) in [7, 11) is -2.40. The summed E-state index contributed by atoms with van der Waals surface area (Å²) in [5, 5.41) is 2.68. The van der Waals surface area contributed by atoms with Crippen LogP contribution in [0.1, 0.15) is 31.1 Å². The van der Waals surface area contributed by atoms with Crippen molar-refractivity contribution in [2.24, 2.45) is 5.73 Å². The van der Waals surface area contributed by atoms with Gasteiger partial charge in [-0.15, -0.1) is 0 Å². The Morgan fingerprint density at radius 1 is 1.32 bits per heavy atom. The van der Waals surface area contributed by atoms with Crippen LogP contribution in [0.4, 0.5) is 0 Å². The van der Waals surface area contributed by atoms with Crippen LogP contribution in [0.5, 0.6) is 5.75 Å². The Morgan fingerprint density at radius 3 is 2.45 bits per heavy atom. The molecule has 1 rings (SSSR count). The third-order valence-corrected chi connectivity index (χ3v) is 4.52. The van der Waals surface area contributed by atoms with Crippen molar-refractivity contribution in [1.82, 2.24) is 10.0 Å². The third kappa shape index (κ3) is 4.69. The smallest absolute Gasteiger partial charge is 0.251 e. The second-order valence-electron chi connectivity index (χ2n) is 5.25. The lowest BCUT2D eigenvalue weighted by atomic mass is 10.2. The number of nitrogens with two attached hydrogens (primary N) is 1. The molecule has 0 spiro atoms. The lowest BCUT2D eigenvalue weighted by Gasteiger charge is -2.15. The number of carbonyl (C=O) groups is 1. The zero-order valence-electron chi connectivity index (χ0n) is 13.2. The first-order valence-corrected chi connectivity index (χ1v) is 8.41. The van der Waals surface area contributed by atoms with Gasteiger partial charge in [-0.25, -0.2) is 13.1 Å². The Labute approximate surface area is 131 Å². The molecule has 0 heterocycles. The Hall–Kier alpha value is -1.64. The Kier molecular flexibility index (Phi) is 6.34. The average Bonchev–Trinajstić information content (AvgIpc) is 2.44. The fourth-order valence-electron chi connectivity index (χ4n) is 1.77. The number of carbonyl (C=O) groups excluding carboxylic acids is 1. The maximum absolute atomic E-state index is 12.3. The maximum atomic E-state index is 12.3. The zero-order valence-corrected chi connectivity index (χ0v) is 14.0. The van der Waals surface area contributed by atoms with Crippen molar-refractivity contribution in [2.45, 2.75) is 37.8 Å². The minimum Gasteiger partial charge on any atom is -0.495 e. The SMILES string of the molecule is COc1ccc(C(=O)N[C@@H](C)CN)cc1S(=O)(=O)NC(C)C. The third-order valence-electron chi connectivity index (χ3n) is 2.84. The van der Waals surface area contributed by atoms with Crippen LogP contribution >= 0.6 is 0 Å². The largest absolute Gasteiger partial charge is 0.495 e. The van der Waals surface area contributed by atoms with Crippen molar-refractivity contribution in [2.75, 3.05) is 13.7 Å². The summed E-state index contributed by atoms with van der Waals surface area (Å²) < 4.78 is 32.2. The van der Waals surface area contributed by atoms with Crippen LogP contribution in [0.2, 0.25) is 0 Å². The number of rotatable bonds is 7. The van der Waals surface area contributed by atoms with Gasteiger partial charge in [0.05, 0.1) is 7.11 Å². The summed E-state index contributed by atoms with van der Waals surface area (Å²) in [4.78, 5) is 12.0. The van der Waals surface area contributed by atoms with E-state index in [-0.39, 0.29) is 34.2 Å². The molecule has 0 aliphatic carbocycles. The Morgan fingerprint density at radius 2 is 1.95 bits per heavy atom. The van der Waals surface area contributed by atoms with E-state index in [0.29, 0.717) is 6.54 Å². The van der Waals surface area contributed by atoms with Crippen molar-refractivity contribution in [3.63, 3.8) is 0 Å². The van der Waals surface area contributed by atoms with Gasteiger partial charge in [0.1, 0.15) is 10.6 Å². The van der Waals surface area contributed by atoms with Crippen LogP contribution in [0.25, 0.3) is 0 Å². The molecule has 0 aromatic heterocycles. The van der Waals surface area contributed by atoms with Gasteiger partial charge in [-0.05, 0) is 39.0 Å². The van der Waals surface area contributed by atoms with E-state index in [1.807, 2.05) is 0 Å². The monoisotopic (exact) mass is 329 g/mol. The predicted octanol–water partition coefficient (Wildman–Crippen LogP) is 0.459. The summed E-state index contributed by atoms with van der Waals surface area (Å²) in [5.41, 5.74) is 5.68. The number of amides is 1. The number of benzene rings is 1. The molecule has 0 fully saturated rings. The highest BCUT2D eigenvalue weighted by Gasteiger charge is 2.22. The number of hydrogen-bond donors (Lipinski definition) is 3. The number of methoxy groups -OCH3 is 1. The highest BCUT2D eigenvalue weighted by molar-refractivity contribution is 7.89. The molecular weight excluding hydrogens is 306 g/mol. The van der Waals surface area contributed by atoms with Gasteiger partial charge in [0.2, 0.25) is 10.0 Å². The highest BCUT2D eigenvalue weighted by atomic mass is 32.2. The maximum Gasteiger partial charge on any atom is 0.251 e. The fraction of sp³-hybridized carbons (Fsp3) is 0.500. The van der Waals surface area contributed by atoms with E-state index in [9.17, 15) is 13.2 Å². The number of sulfonamides is 1. The quantitative estimate of drug-likeness (QED) is 0.673. The van der Waals surface area contributed by atoms with E-state index in [4.69, 9.17) is 10.5 Å². The molecule has 0 saturated heterocycles. The predicted molar refractivity (Wildman–Crippen MR) is 84.4 cm³/mol. The van der Waals surface area contributed by atoms with E-state index in [0.717, 1.165) is 0 Å². The van der Waals surface area contributed by atoms with E-state index in [1.54, 1.807) is 20.8 Å². The molecule has 8 heteroatoms. The van der Waals surface area contributed by atoms with Crippen LogP contribution < -0.4 is 20.5 Å². The molecule has 124 valence electrons. The highest BCUT2D eigenvalue weighted by Crippen LogP contribution is 2.25. The first-order chi connectivity index (χ1) is 10.2. The van der Waals surface area contributed by atoms with Crippen molar-refractivity contribution >= 4 is 15.9 Å². The molecule has 22 heavy (non-hydrogen) atoms.